The highest BCUT2D eigenvalue weighted by Crippen LogP contribution is 2.00. The normalized spacial score (nSPS) is 12.7. The average molecular weight is 279 g/mol. The van der Waals surface area contributed by atoms with Crippen LogP contribution in [0.15, 0.2) is 17.1 Å². The molecule has 6 nitrogen and oxygen atoms in total. The second-order valence-electron chi connectivity index (χ2n) is 5.83. The maximum absolute atomic E-state index is 11.9. The van der Waals surface area contributed by atoms with Crippen molar-refractivity contribution in [1.29, 1.82) is 0 Å². The molecule has 0 aliphatic rings. The predicted molar refractivity (Wildman–Crippen MR) is 76.6 cm³/mol. The third-order valence-corrected chi connectivity index (χ3v) is 2.54. The fraction of sp³-hybridized carbons (Fsp3) is 0.500. The van der Waals surface area contributed by atoms with Gasteiger partial charge in [-0.05, 0) is 34.6 Å². The Morgan fingerprint density at radius 1 is 1.30 bits per heavy atom. The topological polar surface area (TPSA) is 91.1 Å². The molecule has 110 valence electrons. The Morgan fingerprint density at radius 2 is 1.90 bits per heavy atom. The van der Waals surface area contributed by atoms with E-state index in [0.29, 0.717) is 5.69 Å². The van der Waals surface area contributed by atoms with E-state index in [4.69, 9.17) is 0 Å². The smallest absolute Gasteiger partial charge is 0.257 e. The van der Waals surface area contributed by atoms with Crippen molar-refractivity contribution in [1.82, 2.24) is 15.6 Å². The molecule has 0 aliphatic carbocycles. The van der Waals surface area contributed by atoms with Gasteiger partial charge in [-0.25, -0.2) is 0 Å². The fourth-order valence-electron chi connectivity index (χ4n) is 1.57. The van der Waals surface area contributed by atoms with Crippen LogP contribution in [0.2, 0.25) is 0 Å². The number of aromatic amines is 1. The second kappa shape index (κ2) is 5.90. The molecule has 0 aromatic carbocycles. The number of pyridine rings is 1. The molecule has 0 radical (unpaired) electrons. The summed E-state index contributed by atoms with van der Waals surface area (Å²) < 4.78 is 0. The lowest BCUT2D eigenvalue weighted by atomic mass is 10.1. The molecule has 3 N–H and O–H groups in total. The lowest BCUT2D eigenvalue weighted by molar-refractivity contribution is -0.124. The highest BCUT2D eigenvalue weighted by atomic mass is 16.2. The molecule has 0 saturated carbocycles. The van der Waals surface area contributed by atoms with E-state index in [0.717, 1.165) is 0 Å². The maximum atomic E-state index is 11.9. The lowest BCUT2D eigenvalue weighted by Crippen LogP contribution is -2.51. The summed E-state index contributed by atoms with van der Waals surface area (Å²) in [7, 11) is 0. The van der Waals surface area contributed by atoms with Gasteiger partial charge in [0.25, 0.3) is 5.91 Å². The van der Waals surface area contributed by atoms with Gasteiger partial charge in [0.15, 0.2) is 5.43 Å². The molecule has 6 heteroatoms. The summed E-state index contributed by atoms with van der Waals surface area (Å²) in [5.74, 6) is -0.864. The van der Waals surface area contributed by atoms with Crippen molar-refractivity contribution < 1.29 is 9.59 Å². The van der Waals surface area contributed by atoms with Gasteiger partial charge < -0.3 is 15.6 Å². The molecular weight excluding hydrogens is 258 g/mol. The summed E-state index contributed by atoms with van der Waals surface area (Å²) in [6, 6.07) is 0.622. The number of carbonyl (C=O) groups is 2. The molecule has 1 aromatic heterocycles. The Balaban J connectivity index is 2.75. The lowest BCUT2D eigenvalue weighted by Gasteiger charge is -2.23. The molecule has 1 heterocycles. The van der Waals surface area contributed by atoms with Gasteiger partial charge in [-0.1, -0.05) is 0 Å². The average Bonchev–Trinajstić information content (AvgIpc) is 2.26. The SMILES string of the molecule is Cc1cc(=O)c(C(=O)NC(C)C(=O)NC(C)(C)C)c[nH]1. The summed E-state index contributed by atoms with van der Waals surface area (Å²) in [5.41, 5.74) is -0.0875. The van der Waals surface area contributed by atoms with Crippen LogP contribution < -0.4 is 16.1 Å². The molecule has 0 spiro atoms. The molecular formula is C14H21N3O3. The van der Waals surface area contributed by atoms with E-state index < -0.39 is 11.9 Å². The van der Waals surface area contributed by atoms with Crippen molar-refractivity contribution in [3.8, 4) is 0 Å². The van der Waals surface area contributed by atoms with Crippen LogP contribution in [0.1, 0.15) is 43.7 Å². The van der Waals surface area contributed by atoms with Crippen molar-refractivity contribution in [2.45, 2.75) is 46.2 Å². The molecule has 1 rings (SSSR count). The highest BCUT2D eigenvalue weighted by Gasteiger charge is 2.21. The minimum Gasteiger partial charge on any atom is -0.364 e. The highest BCUT2D eigenvalue weighted by molar-refractivity contribution is 5.97. The second-order valence-corrected chi connectivity index (χ2v) is 5.83. The molecule has 20 heavy (non-hydrogen) atoms. The Bertz CT molecular complexity index is 570. The standard InChI is InChI=1S/C14H21N3O3/c1-8-6-11(18)10(7-15-8)13(20)16-9(2)12(19)17-14(3,4)5/h6-7,9H,1-5H3,(H,15,18)(H,16,20)(H,17,19). The number of hydrogen-bond acceptors (Lipinski definition) is 3. The first-order valence-corrected chi connectivity index (χ1v) is 6.42. The maximum Gasteiger partial charge on any atom is 0.257 e. The van der Waals surface area contributed by atoms with Gasteiger partial charge in [0.05, 0.1) is 0 Å². The van der Waals surface area contributed by atoms with Crippen LogP contribution in [0, 0.1) is 6.92 Å². The Labute approximate surface area is 118 Å². The van der Waals surface area contributed by atoms with Gasteiger partial charge in [-0.2, -0.15) is 0 Å². The number of carbonyl (C=O) groups excluding carboxylic acids is 2. The van der Waals surface area contributed by atoms with Crippen LogP contribution in [-0.2, 0) is 4.79 Å². The van der Waals surface area contributed by atoms with Crippen LogP contribution in [0.5, 0.6) is 0 Å². The summed E-state index contributed by atoms with van der Waals surface area (Å²) >= 11 is 0. The zero-order valence-corrected chi connectivity index (χ0v) is 12.5. The van der Waals surface area contributed by atoms with Gasteiger partial charge >= 0.3 is 0 Å². The predicted octanol–water partition coefficient (Wildman–Crippen LogP) is 0.716. The monoisotopic (exact) mass is 279 g/mol. The van der Waals surface area contributed by atoms with Crippen LogP contribution >= 0.6 is 0 Å². The first-order chi connectivity index (χ1) is 9.10. The van der Waals surface area contributed by atoms with E-state index in [1.54, 1.807) is 13.8 Å². The summed E-state index contributed by atoms with van der Waals surface area (Å²) in [4.78, 5) is 38.3. The zero-order chi connectivity index (χ0) is 15.5. The summed E-state index contributed by atoms with van der Waals surface area (Å²) in [6.07, 6.45) is 1.35. The molecule has 0 saturated heterocycles. The summed E-state index contributed by atoms with van der Waals surface area (Å²) in [5, 5.41) is 5.27. The first-order valence-electron chi connectivity index (χ1n) is 6.42. The first kappa shape index (κ1) is 15.9. The molecule has 2 amide bonds. The van der Waals surface area contributed by atoms with Crippen LogP contribution in [0.3, 0.4) is 0 Å². The number of nitrogens with one attached hydrogen (secondary N) is 3. The van der Waals surface area contributed by atoms with Crippen LogP contribution in [0.4, 0.5) is 0 Å². The van der Waals surface area contributed by atoms with Gasteiger partial charge in [-0.3, -0.25) is 14.4 Å². The van der Waals surface area contributed by atoms with Crippen molar-refractivity contribution in [2.24, 2.45) is 0 Å². The number of amides is 2. The minimum atomic E-state index is -0.720. The molecule has 0 aliphatic heterocycles. The van der Waals surface area contributed by atoms with E-state index in [1.165, 1.54) is 12.3 Å². The number of rotatable bonds is 3. The number of aromatic nitrogens is 1. The fourth-order valence-corrected chi connectivity index (χ4v) is 1.57. The van der Waals surface area contributed by atoms with Crippen molar-refractivity contribution >= 4 is 11.8 Å². The van der Waals surface area contributed by atoms with E-state index in [2.05, 4.69) is 15.6 Å². The van der Waals surface area contributed by atoms with Crippen LogP contribution in [-0.4, -0.2) is 28.4 Å². The van der Waals surface area contributed by atoms with Gasteiger partial charge in [0.2, 0.25) is 5.91 Å². The zero-order valence-electron chi connectivity index (χ0n) is 12.5. The largest absolute Gasteiger partial charge is 0.364 e. The molecule has 1 unspecified atom stereocenters. The van der Waals surface area contributed by atoms with Gasteiger partial charge in [0, 0.05) is 23.5 Å². The van der Waals surface area contributed by atoms with Crippen molar-refractivity contribution in [3.63, 3.8) is 0 Å². The van der Waals surface area contributed by atoms with Crippen molar-refractivity contribution in [3.05, 3.63) is 33.7 Å². The molecule has 1 atom stereocenters. The van der Waals surface area contributed by atoms with Gasteiger partial charge in [-0.15, -0.1) is 0 Å². The van der Waals surface area contributed by atoms with Crippen molar-refractivity contribution in [2.75, 3.05) is 0 Å². The number of aryl methyl sites for hydroxylation is 1. The Kier molecular flexibility index (Phi) is 4.70. The Morgan fingerprint density at radius 3 is 2.40 bits per heavy atom. The Hall–Kier alpha value is -2.11. The molecule has 0 bridgehead atoms. The van der Waals surface area contributed by atoms with Crippen LogP contribution in [0.25, 0.3) is 0 Å². The minimum absolute atomic E-state index is 0.00833. The van der Waals surface area contributed by atoms with E-state index in [-0.39, 0.29) is 22.4 Å². The third kappa shape index (κ3) is 4.53. The molecule has 1 aromatic rings. The summed E-state index contributed by atoms with van der Waals surface area (Å²) in [6.45, 7) is 8.85. The molecule has 0 fully saturated rings. The van der Waals surface area contributed by atoms with Gasteiger partial charge in [0.1, 0.15) is 11.6 Å². The number of H-pyrrole nitrogens is 1. The quantitative estimate of drug-likeness (QED) is 0.761. The van der Waals surface area contributed by atoms with E-state index >= 15 is 0 Å². The van der Waals surface area contributed by atoms with E-state index in [1.807, 2.05) is 20.8 Å². The van der Waals surface area contributed by atoms with E-state index in [9.17, 15) is 14.4 Å². The number of hydrogen-bond donors (Lipinski definition) is 3. The third-order valence-electron chi connectivity index (χ3n) is 2.54.